The molecule has 4 rings (SSSR count). The van der Waals surface area contributed by atoms with Gasteiger partial charge >= 0.3 is 0 Å². The van der Waals surface area contributed by atoms with Crippen molar-refractivity contribution in [1.29, 1.82) is 0 Å². The first-order valence-electron chi connectivity index (χ1n) is 14.3. The molecule has 5 N–H and O–H groups in total. The summed E-state index contributed by atoms with van der Waals surface area (Å²) in [4.78, 5) is 2.47. The Labute approximate surface area is 242 Å². The molecule has 2 atom stereocenters. The summed E-state index contributed by atoms with van der Waals surface area (Å²) in [7, 11) is 0. The van der Waals surface area contributed by atoms with Gasteiger partial charge in [0.2, 0.25) is 0 Å². The van der Waals surface area contributed by atoms with E-state index in [0.717, 1.165) is 78.2 Å². The fourth-order valence-corrected chi connectivity index (χ4v) is 5.88. The van der Waals surface area contributed by atoms with Crippen molar-refractivity contribution in [3.05, 3.63) is 69.8 Å². The van der Waals surface area contributed by atoms with Gasteiger partial charge in [-0.1, -0.05) is 28.4 Å². The SMILES string of the molecule is C/C(=C\C(=C/N)CN(c1ccc(Br)cc1)C1CCCC(OC(C)C)NCC1)c1cc(O)c(O)c(C2CCC2)c1. The largest absolute Gasteiger partial charge is 0.504 e. The lowest BCUT2D eigenvalue weighted by atomic mass is 9.78. The topological polar surface area (TPSA) is 91.0 Å². The lowest BCUT2D eigenvalue weighted by Gasteiger charge is -2.37. The number of nitrogens with two attached hydrogens (primary N) is 1. The summed E-state index contributed by atoms with van der Waals surface area (Å²) < 4.78 is 7.10. The number of hydrogen-bond donors (Lipinski definition) is 4. The number of phenolic OH excluding ortho intramolecular Hbond substituents is 2. The number of nitrogens with zero attached hydrogens (tertiary/aromatic N) is 1. The van der Waals surface area contributed by atoms with Gasteiger partial charge in [-0.2, -0.15) is 0 Å². The molecule has 7 heteroatoms. The third kappa shape index (κ3) is 7.80. The van der Waals surface area contributed by atoms with E-state index < -0.39 is 0 Å². The van der Waals surface area contributed by atoms with Crippen molar-refractivity contribution in [2.45, 2.75) is 90.0 Å². The second-order valence-electron chi connectivity index (χ2n) is 11.2. The molecule has 1 heterocycles. The number of benzene rings is 2. The van der Waals surface area contributed by atoms with E-state index in [1.165, 1.54) is 5.69 Å². The molecule has 39 heavy (non-hydrogen) atoms. The van der Waals surface area contributed by atoms with Crippen LogP contribution < -0.4 is 16.0 Å². The van der Waals surface area contributed by atoms with Gasteiger partial charge in [0.1, 0.15) is 6.23 Å². The van der Waals surface area contributed by atoms with E-state index in [1.807, 2.05) is 13.0 Å². The van der Waals surface area contributed by atoms with E-state index in [-0.39, 0.29) is 23.8 Å². The predicted octanol–water partition coefficient (Wildman–Crippen LogP) is 7.16. The van der Waals surface area contributed by atoms with E-state index in [4.69, 9.17) is 10.5 Å². The Morgan fingerprint density at radius 3 is 2.46 bits per heavy atom. The minimum atomic E-state index is -0.0568. The number of ether oxygens (including phenoxy) is 1. The molecule has 1 aliphatic carbocycles. The molecule has 0 spiro atoms. The zero-order chi connectivity index (χ0) is 27.9. The fraction of sp³-hybridized carbons (Fsp3) is 0.500. The van der Waals surface area contributed by atoms with Gasteiger partial charge in [0, 0.05) is 28.3 Å². The highest BCUT2D eigenvalue weighted by Crippen LogP contribution is 2.45. The highest BCUT2D eigenvalue weighted by Gasteiger charge is 2.26. The molecule has 2 unspecified atom stereocenters. The second kappa shape index (κ2) is 13.7. The molecule has 6 nitrogen and oxygen atoms in total. The molecule has 2 aromatic rings. The number of phenols is 2. The standard InChI is InChI=1S/C32H44BrN3O3/c1-21(2)39-31-9-5-8-27(14-15-35-31)36(28-12-10-26(33)11-13-28)20-23(19-34)16-22(3)25-17-29(24-6-4-7-24)32(38)30(37)18-25/h10-13,16-19,21,24,27,31,35,37-38H,4-9,14-15,20,34H2,1-3H3/b22-16+,23-19+. The van der Waals surface area contributed by atoms with Crippen molar-refractivity contribution in [2.24, 2.45) is 5.73 Å². The van der Waals surface area contributed by atoms with Crippen LogP contribution >= 0.6 is 15.9 Å². The smallest absolute Gasteiger partial charge is 0.160 e. The Hall–Kier alpha value is -2.48. The third-order valence-electron chi connectivity index (χ3n) is 7.98. The molecule has 1 aliphatic heterocycles. The molecule has 1 saturated heterocycles. The molecular formula is C32H44BrN3O3. The van der Waals surface area contributed by atoms with E-state index >= 15 is 0 Å². The highest BCUT2D eigenvalue weighted by atomic mass is 79.9. The lowest BCUT2D eigenvalue weighted by molar-refractivity contribution is -0.0204. The van der Waals surface area contributed by atoms with Gasteiger partial charge in [-0.3, -0.25) is 5.32 Å². The van der Waals surface area contributed by atoms with Crippen LogP contribution in [0.15, 0.2) is 58.7 Å². The first kappa shape index (κ1) is 29.5. The lowest BCUT2D eigenvalue weighted by Crippen LogP contribution is -2.43. The maximum atomic E-state index is 10.5. The minimum absolute atomic E-state index is 0.0196. The summed E-state index contributed by atoms with van der Waals surface area (Å²) in [6.45, 7) is 7.77. The number of hydrogen-bond acceptors (Lipinski definition) is 6. The van der Waals surface area contributed by atoms with Gasteiger partial charge in [-0.05, 0) is 131 Å². The zero-order valence-corrected chi connectivity index (χ0v) is 25.1. The normalized spacial score (nSPS) is 21.4. The van der Waals surface area contributed by atoms with Crippen LogP contribution in [0.1, 0.15) is 82.8 Å². The summed E-state index contributed by atoms with van der Waals surface area (Å²) in [5.41, 5.74) is 11.1. The molecule has 0 bridgehead atoms. The van der Waals surface area contributed by atoms with Crippen molar-refractivity contribution in [1.82, 2.24) is 5.32 Å². The number of nitrogens with one attached hydrogen (secondary N) is 1. The van der Waals surface area contributed by atoms with E-state index in [1.54, 1.807) is 12.3 Å². The number of rotatable bonds is 9. The third-order valence-corrected chi connectivity index (χ3v) is 8.51. The molecule has 212 valence electrons. The second-order valence-corrected chi connectivity index (χ2v) is 12.2. The summed E-state index contributed by atoms with van der Waals surface area (Å²) in [6, 6.07) is 12.5. The van der Waals surface area contributed by atoms with Crippen molar-refractivity contribution in [3.63, 3.8) is 0 Å². The fourth-order valence-electron chi connectivity index (χ4n) is 5.62. The van der Waals surface area contributed by atoms with E-state index in [2.05, 4.69) is 70.3 Å². The molecule has 0 amide bonds. The van der Waals surface area contributed by atoms with Gasteiger partial charge in [0.15, 0.2) is 11.5 Å². The van der Waals surface area contributed by atoms with Gasteiger partial charge < -0.3 is 25.6 Å². The number of aromatic hydroxyl groups is 2. The summed E-state index contributed by atoms with van der Waals surface area (Å²) in [5, 5.41) is 24.5. The molecule has 2 aromatic carbocycles. The van der Waals surface area contributed by atoms with Crippen molar-refractivity contribution < 1.29 is 14.9 Å². The molecular weight excluding hydrogens is 554 g/mol. The zero-order valence-electron chi connectivity index (χ0n) is 23.5. The van der Waals surface area contributed by atoms with Gasteiger partial charge in [0.25, 0.3) is 0 Å². The Kier molecular flexibility index (Phi) is 10.4. The molecule has 2 aliphatic rings. The van der Waals surface area contributed by atoms with Crippen LogP contribution in [0.25, 0.3) is 5.57 Å². The van der Waals surface area contributed by atoms with Crippen LogP contribution in [0, 0.1) is 0 Å². The number of halogens is 1. The summed E-state index contributed by atoms with van der Waals surface area (Å²) in [5.74, 6) is 0.282. The van der Waals surface area contributed by atoms with Crippen LogP contribution in [-0.4, -0.2) is 41.7 Å². The van der Waals surface area contributed by atoms with Gasteiger partial charge in [-0.25, -0.2) is 0 Å². The van der Waals surface area contributed by atoms with Crippen LogP contribution in [0.3, 0.4) is 0 Å². The molecule has 0 aromatic heterocycles. The van der Waals surface area contributed by atoms with Crippen molar-refractivity contribution >= 4 is 27.2 Å². The van der Waals surface area contributed by atoms with Gasteiger partial charge in [0.05, 0.1) is 6.10 Å². The summed E-state index contributed by atoms with van der Waals surface area (Å²) in [6.07, 6.45) is 11.5. The van der Waals surface area contributed by atoms with E-state index in [9.17, 15) is 10.2 Å². The van der Waals surface area contributed by atoms with E-state index in [0.29, 0.717) is 18.5 Å². The molecule has 2 fully saturated rings. The minimum Gasteiger partial charge on any atom is -0.504 e. The Morgan fingerprint density at radius 2 is 1.82 bits per heavy atom. The number of anilines is 1. The van der Waals surface area contributed by atoms with Crippen LogP contribution in [0.2, 0.25) is 0 Å². The average molecular weight is 599 g/mol. The number of allylic oxidation sites excluding steroid dienone is 1. The maximum absolute atomic E-state index is 10.5. The first-order valence-corrected chi connectivity index (χ1v) is 15.1. The summed E-state index contributed by atoms with van der Waals surface area (Å²) >= 11 is 3.58. The van der Waals surface area contributed by atoms with Crippen LogP contribution in [0.4, 0.5) is 5.69 Å². The Morgan fingerprint density at radius 1 is 1.10 bits per heavy atom. The maximum Gasteiger partial charge on any atom is 0.160 e. The van der Waals surface area contributed by atoms with Crippen molar-refractivity contribution in [2.75, 3.05) is 18.0 Å². The quantitative estimate of drug-likeness (QED) is 0.181. The predicted molar refractivity (Wildman–Crippen MR) is 164 cm³/mol. The monoisotopic (exact) mass is 597 g/mol. The van der Waals surface area contributed by atoms with Crippen molar-refractivity contribution in [3.8, 4) is 11.5 Å². The molecule has 1 saturated carbocycles. The molecule has 0 radical (unpaired) electrons. The van der Waals surface area contributed by atoms with Crippen LogP contribution in [-0.2, 0) is 4.74 Å². The average Bonchev–Trinajstić information content (AvgIpc) is 2.85. The highest BCUT2D eigenvalue weighted by molar-refractivity contribution is 9.10. The first-order chi connectivity index (χ1) is 18.7. The Bertz CT molecular complexity index is 1150. The van der Waals surface area contributed by atoms with Crippen LogP contribution in [0.5, 0.6) is 11.5 Å². The van der Waals surface area contributed by atoms with Gasteiger partial charge in [-0.15, -0.1) is 0 Å². The Balaban J connectivity index is 1.55.